The third-order valence-electron chi connectivity index (χ3n) is 5.93. The molecule has 3 aromatic carbocycles. The number of aliphatic carboxylic acids is 1. The first kappa shape index (κ1) is 25.2. The van der Waals surface area contributed by atoms with E-state index in [1.165, 1.54) is 23.9 Å². The molecule has 1 aliphatic carbocycles. The quantitative estimate of drug-likeness (QED) is 0.262. The lowest BCUT2D eigenvalue weighted by atomic mass is 9.82. The van der Waals surface area contributed by atoms with E-state index in [9.17, 15) is 23.9 Å². The van der Waals surface area contributed by atoms with Crippen molar-refractivity contribution in [2.24, 2.45) is 11.8 Å². The normalized spacial score (nSPS) is 17.7. The van der Waals surface area contributed by atoms with E-state index in [1.807, 2.05) is 36.4 Å². The molecule has 0 spiro atoms. The number of carboxylic acids is 1. The monoisotopic (exact) mass is 504 g/mol. The van der Waals surface area contributed by atoms with E-state index in [1.54, 1.807) is 42.5 Å². The number of nitrogens with one attached hydrogen (secondary N) is 2. The summed E-state index contributed by atoms with van der Waals surface area (Å²) in [6.07, 6.45) is 4.34. The molecule has 4 rings (SSSR count). The van der Waals surface area contributed by atoms with E-state index in [2.05, 4.69) is 10.6 Å². The molecule has 36 heavy (non-hydrogen) atoms. The summed E-state index contributed by atoms with van der Waals surface area (Å²) in [6, 6.07) is 22.2. The zero-order chi connectivity index (χ0) is 25.5. The van der Waals surface area contributed by atoms with Crippen molar-refractivity contribution in [2.75, 3.05) is 10.6 Å². The summed E-state index contributed by atoms with van der Waals surface area (Å²) in [6.45, 7) is 0. The number of allylic oxidation sites excluding steroid dienone is 2. The van der Waals surface area contributed by atoms with E-state index in [-0.39, 0.29) is 17.5 Å². The minimum absolute atomic E-state index is 0.110. The van der Waals surface area contributed by atoms with Gasteiger partial charge in [-0.2, -0.15) is 0 Å². The van der Waals surface area contributed by atoms with Gasteiger partial charge in [-0.1, -0.05) is 54.6 Å². The second-order valence-corrected chi connectivity index (χ2v) is 9.56. The molecule has 1 aliphatic rings. The fourth-order valence-corrected chi connectivity index (χ4v) is 5.05. The van der Waals surface area contributed by atoms with Crippen molar-refractivity contribution in [2.45, 2.75) is 23.0 Å². The number of hydrogen-bond acceptors (Lipinski definition) is 4. The molecule has 8 heteroatoms. The van der Waals surface area contributed by atoms with Gasteiger partial charge in [0.15, 0.2) is 0 Å². The zero-order valence-electron chi connectivity index (χ0n) is 19.3. The van der Waals surface area contributed by atoms with Crippen LogP contribution >= 0.6 is 11.8 Å². The Balaban J connectivity index is 1.47. The van der Waals surface area contributed by atoms with Crippen LogP contribution in [0.15, 0.2) is 95.9 Å². The van der Waals surface area contributed by atoms with Gasteiger partial charge in [0.05, 0.1) is 17.5 Å². The number of amides is 2. The number of thioether (sulfide) groups is 1. The van der Waals surface area contributed by atoms with Gasteiger partial charge >= 0.3 is 5.97 Å². The number of carbonyl (C=O) groups excluding carboxylic acids is 2. The third-order valence-corrected chi connectivity index (χ3v) is 7.20. The number of halogens is 1. The van der Waals surface area contributed by atoms with Crippen LogP contribution in [0.4, 0.5) is 15.8 Å². The molecule has 3 aromatic rings. The van der Waals surface area contributed by atoms with Crippen molar-refractivity contribution < 1.29 is 23.9 Å². The minimum Gasteiger partial charge on any atom is -0.481 e. The summed E-state index contributed by atoms with van der Waals surface area (Å²) in [4.78, 5) is 38.1. The predicted octanol–water partition coefficient (Wildman–Crippen LogP) is 5.90. The van der Waals surface area contributed by atoms with Crippen molar-refractivity contribution >= 4 is 40.9 Å². The smallest absolute Gasteiger partial charge is 0.307 e. The molecule has 3 N–H and O–H groups in total. The molecule has 0 saturated heterocycles. The SMILES string of the molecule is O=C(Nc1ccccc1F)C(Sc1ccc(NC(=O)C2CC=CCC2C(=O)O)cc1)c1ccccc1. The number of hydrogen-bond donors (Lipinski definition) is 3. The van der Waals surface area contributed by atoms with E-state index < -0.39 is 28.9 Å². The lowest BCUT2D eigenvalue weighted by Crippen LogP contribution is -2.34. The molecule has 0 aromatic heterocycles. The second-order valence-electron chi connectivity index (χ2n) is 8.39. The Morgan fingerprint density at radius 2 is 1.47 bits per heavy atom. The summed E-state index contributed by atoms with van der Waals surface area (Å²) >= 11 is 1.30. The Bertz CT molecular complexity index is 1260. The Morgan fingerprint density at radius 1 is 0.833 bits per heavy atom. The van der Waals surface area contributed by atoms with Gasteiger partial charge in [0.1, 0.15) is 11.1 Å². The summed E-state index contributed by atoms with van der Waals surface area (Å²) < 4.78 is 14.1. The molecule has 0 aliphatic heterocycles. The largest absolute Gasteiger partial charge is 0.481 e. The van der Waals surface area contributed by atoms with Crippen molar-refractivity contribution in [1.29, 1.82) is 0 Å². The van der Waals surface area contributed by atoms with Gasteiger partial charge in [-0.3, -0.25) is 14.4 Å². The number of rotatable bonds is 8. The van der Waals surface area contributed by atoms with Gasteiger partial charge in [0.2, 0.25) is 11.8 Å². The third kappa shape index (κ3) is 6.20. The maximum absolute atomic E-state index is 14.1. The number of anilines is 2. The van der Waals surface area contributed by atoms with Gasteiger partial charge in [-0.15, -0.1) is 11.8 Å². The van der Waals surface area contributed by atoms with E-state index in [0.29, 0.717) is 18.5 Å². The van der Waals surface area contributed by atoms with E-state index in [0.717, 1.165) is 10.5 Å². The van der Waals surface area contributed by atoms with Crippen LogP contribution in [0.1, 0.15) is 23.7 Å². The lowest BCUT2D eigenvalue weighted by molar-refractivity contribution is -0.146. The summed E-state index contributed by atoms with van der Waals surface area (Å²) in [5, 5.41) is 14.3. The van der Waals surface area contributed by atoms with Crippen LogP contribution in [0.25, 0.3) is 0 Å². The first-order valence-electron chi connectivity index (χ1n) is 11.5. The average molecular weight is 505 g/mol. The lowest BCUT2D eigenvalue weighted by Gasteiger charge is -2.24. The van der Waals surface area contributed by atoms with Crippen LogP contribution in [0, 0.1) is 17.7 Å². The number of carbonyl (C=O) groups is 3. The Hall–Kier alpha value is -3.91. The molecular weight excluding hydrogens is 479 g/mol. The molecule has 6 nitrogen and oxygen atoms in total. The van der Waals surface area contributed by atoms with Gasteiger partial charge in [-0.05, 0) is 54.8 Å². The maximum Gasteiger partial charge on any atom is 0.307 e. The van der Waals surface area contributed by atoms with E-state index >= 15 is 0 Å². The van der Waals surface area contributed by atoms with Crippen LogP contribution in [-0.2, 0) is 14.4 Å². The molecular formula is C28H25FN2O4S. The topological polar surface area (TPSA) is 95.5 Å². The Kier molecular flexibility index (Phi) is 8.17. The van der Waals surface area contributed by atoms with Crippen molar-refractivity contribution in [3.8, 4) is 0 Å². The zero-order valence-corrected chi connectivity index (χ0v) is 20.1. The average Bonchev–Trinajstić information content (AvgIpc) is 2.90. The molecule has 3 unspecified atom stereocenters. The standard InChI is InChI=1S/C28H25FN2O4S/c29-23-12-6-7-13-24(23)31-27(33)25(18-8-2-1-3-9-18)36-20-16-14-19(15-17-20)30-26(32)21-10-4-5-11-22(21)28(34)35/h1-9,12-17,21-22,25H,10-11H2,(H,30,32)(H,31,33)(H,34,35). The Morgan fingerprint density at radius 3 is 2.14 bits per heavy atom. The maximum atomic E-state index is 14.1. The molecule has 0 radical (unpaired) electrons. The first-order chi connectivity index (χ1) is 17.4. The predicted molar refractivity (Wildman–Crippen MR) is 138 cm³/mol. The molecule has 0 fully saturated rings. The summed E-state index contributed by atoms with van der Waals surface area (Å²) in [7, 11) is 0. The van der Waals surface area contributed by atoms with Gasteiger partial charge in [0.25, 0.3) is 0 Å². The van der Waals surface area contributed by atoms with Crippen LogP contribution in [0.3, 0.4) is 0 Å². The van der Waals surface area contributed by atoms with Crippen molar-refractivity contribution in [3.63, 3.8) is 0 Å². The molecule has 0 bridgehead atoms. The Labute approximate surface area is 212 Å². The molecule has 0 saturated carbocycles. The van der Waals surface area contributed by atoms with Crippen LogP contribution < -0.4 is 10.6 Å². The van der Waals surface area contributed by atoms with Gasteiger partial charge in [0, 0.05) is 10.6 Å². The van der Waals surface area contributed by atoms with Crippen LogP contribution in [0.5, 0.6) is 0 Å². The van der Waals surface area contributed by atoms with Gasteiger partial charge in [-0.25, -0.2) is 4.39 Å². The fourth-order valence-electron chi connectivity index (χ4n) is 4.03. The number of benzene rings is 3. The van der Waals surface area contributed by atoms with Crippen LogP contribution in [0.2, 0.25) is 0 Å². The summed E-state index contributed by atoms with van der Waals surface area (Å²) in [5.74, 6) is -3.57. The van der Waals surface area contributed by atoms with Gasteiger partial charge < -0.3 is 15.7 Å². The van der Waals surface area contributed by atoms with Crippen LogP contribution in [-0.4, -0.2) is 22.9 Å². The minimum atomic E-state index is -0.980. The molecule has 2 amide bonds. The number of para-hydroxylation sites is 1. The molecule has 3 atom stereocenters. The molecule has 184 valence electrons. The highest BCUT2D eigenvalue weighted by molar-refractivity contribution is 8.00. The highest BCUT2D eigenvalue weighted by atomic mass is 32.2. The number of carboxylic acid groups (broad SMARTS) is 1. The molecule has 0 heterocycles. The highest BCUT2D eigenvalue weighted by Gasteiger charge is 2.34. The van der Waals surface area contributed by atoms with Crippen molar-refractivity contribution in [1.82, 2.24) is 0 Å². The highest BCUT2D eigenvalue weighted by Crippen LogP contribution is 2.37. The summed E-state index contributed by atoms with van der Waals surface area (Å²) in [5.41, 5.74) is 1.41. The second kappa shape index (κ2) is 11.7. The fraction of sp³-hybridized carbons (Fsp3) is 0.179. The van der Waals surface area contributed by atoms with Crippen molar-refractivity contribution in [3.05, 3.63) is 102 Å². The first-order valence-corrected chi connectivity index (χ1v) is 12.4. The van der Waals surface area contributed by atoms with E-state index in [4.69, 9.17) is 0 Å².